The van der Waals surface area contributed by atoms with Crippen LogP contribution in [-0.4, -0.2) is 30.9 Å². The van der Waals surface area contributed by atoms with Gasteiger partial charge in [0.25, 0.3) is 5.91 Å². The summed E-state index contributed by atoms with van der Waals surface area (Å²) >= 11 is 6.48. The van der Waals surface area contributed by atoms with E-state index in [2.05, 4.69) is 16.7 Å². The maximum atomic E-state index is 14.4. The molecule has 9 heteroatoms. The highest BCUT2D eigenvalue weighted by atomic mass is 35.5. The van der Waals surface area contributed by atoms with Crippen molar-refractivity contribution in [3.8, 4) is 0 Å². The van der Waals surface area contributed by atoms with Crippen LogP contribution in [0, 0.1) is 5.82 Å². The number of amides is 4. The third kappa shape index (κ3) is 4.64. The highest BCUT2D eigenvalue weighted by Crippen LogP contribution is 2.32. The molecular weight excluding hydrogens is 483 g/mol. The average Bonchev–Trinajstić information content (AvgIpc) is 3.09. The van der Waals surface area contributed by atoms with E-state index in [-0.39, 0.29) is 30.4 Å². The minimum atomic E-state index is -0.631. The van der Waals surface area contributed by atoms with Gasteiger partial charge in [-0.2, -0.15) is 0 Å². The van der Waals surface area contributed by atoms with Crippen LogP contribution in [0.3, 0.4) is 0 Å². The van der Waals surface area contributed by atoms with E-state index in [0.29, 0.717) is 22.7 Å². The number of urea groups is 1. The minimum Gasteiger partial charge on any atom is -0.334 e. The molecule has 5 rings (SSSR count). The molecule has 0 aliphatic carbocycles. The lowest BCUT2D eigenvalue weighted by molar-refractivity contribution is -0.115. The molecule has 7 nitrogen and oxygen atoms in total. The van der Waals surface area contributed by atoms with Gasteiger partial charge in [0.2, 0.25) is 5.91 Å². The summed E-state index contributed by atoms with van der Waals surface area (Å²) in [6.45, 7) is 0.367. The first-order valence-electron chi connectivity index (χ1n) is 11.7. The molecule has 0 fully saturated rings. The molecule has 2 aliphatic heterocycles. The van der Waals surface area contributed by atoms with Gasteiger partial charge < -0.3 is 15.5 Å². The topological polar surface area (TPSA) is 81.8 Å². The molecule has 0 spiro atoms. The van der Waals surface area contributed by atoms with E-state index in [0.717, 1.165) is 35.4 Å². The molecule has 0 saturated heterocycles. The summed E-state index contributed by atoms with van der Waals surface area (Å²) in [5.41, 5.74) is 3.36. The third-order valence-corrected chi connectivity index (χ3v) is 6.76. The normalized spacial score (nSPS) is 14.9. The van der Waals surface area contributed by atoms with Gasteiger partial charge in [-0.15, -0.1) is 0 Å². The molecule has 0 bridgehead atoms. The van der Waals surface area contributed by atoms with E-state index < -0.39 is 17.8 Å². The van der Waals surface area contributed by atoms with Crippen molar-refractivity contribution in [2.45, 2.75) is 25.8 Å². The number of rotatable bonds is 3. The van der Waals surface area contributed by atoms with Crippen molar-refractivity contribution < 1.29 is 18.8 Å². The van der Waals surface area contributed by atoms with E-state index in [1.54, 1.807) is 23.1 Å². The average molecular weight is 507 g/mol. The lowest BCUT2D eigenvalue weighted by Gasteiger charge is -2.29. The van der Waals surface area contributed by atoms with Crippen LogP contribution in [0.1, 0.15) is 34.3 Å². The van der Waals surface area contributed by atoms with Gasteiger partial charge in [-0.25, -0.2) is 9.18 Å². The number of halogens is 2. The summed E-state index contributed by atoms with van der Waals surface area (Å²) in [6.07, 6.45) is 2.87. The fraction of sp³-hybridized carbons (Fsp3) is 0.222. The van der Waals surface area contributed by atoms with Gasteiger partial charge in [0.1, 0.15) is 18.0 Å². The van der Waals surface area contributed by atoms with Crippen LogP contribution in [0.4, 0.5) is 26.2 Å². The molecule has 184 valence electrons. The molecule has 2 N–H and O–H groups in total. The maximum Gasteiger partial charge on any atom is 0.322 e. The number of anilines is 3. The number of para-hydroxylation sites is 2. The summed E-state index contributed by atoms with van der Waals surface area (Å²) in [5, 5.41) is 5.58. The third-order valence-electron chi connectivity index (χ3n) is 6.41. The number of hydrogen-bond acceptors (Lipinski definition) is 3. The first-order chi connectivity index (χ1) is 17.4. The minimum absolute atomic E-state index is 0.0133. The van der Waals surface area contributed by atoms with Crippen molar-refractivity contribution >= 4 is 46.5 Å². The number of nitrogens with zero attached hydrogens (tertiary/aromatic N) is 2. The number of fused-ring (bicyclic) bond motifs is 2. The van der Waals surface area contributed by atoms with Crippen molar-refractivity contribution in [3.05, 3.63) is 88.2 Å². The molecule has 3 aromatic rings. The van der Waals surface area contributed by atoms with Gasteiger partial charge in [0.15, 0.2) is 0 Å². The van der Waals surface area contributed by atoms with Crippen LogP contribution < -0.4 is 20.4 Å². The van der Waals surface area contributed by atoms with Gasteiger partial charge in [-0.05, 0) is 60.7 Å². The van der Waals surface area contributed by atoms with E-state index in [9.17, 15) is 18.8 Å². The molecule has 4 amide bonds. The van der Waals surface area contributed by atoms with Gasteiger partial charge in [-0.3, -0.25) is 14.5 Å². The number of hydrogen-bond donors (Lipinski definition) is 2. The summed E-state index contributed by atoms with van der Waals surface area (Å²) in [5.74, 6) is -1.16. The Morgan fingerprint density at radius 3 is 2.69 bits per heavy atom. The molecule has 2 aliphatic rings. The Hall–Kier alpha value is -3.91. The first kappa shape index (κ1) is 23.8. The molecule has 2 heterocycles. The molecule has 0 atom stereocenters. The molecular formula is C27H24ClFN4O3. The molecule has 0 radical (unpaired) electrons. The van der Waals surface area contributed by atoms with Crippen molar-refractivity contribution in [2.24, 2.45) is 0 Å². The maximum absolute atomic E-state index is 14.4. The van der Waals surface area contributed by atoms with E-state index in [1.165, 1.54) is 18.2 Å². The van der Waals surface area contributed by atoms with Gasteiger partial charge in [-0.1, -0.05) is 41.9 Å². The van der Waals surface area contributed by atoms with E-state index in [4.69, 9.17) is 11.6 Å². The largest absolute Gasteiger partial charge is 0.334 e. The summed E-state index contributed by atoms with van der Waals surface area (Å²) < 4.78 is 14.4. The lowest BCUT2D eigenvalue weighted by Crippen LogP contribution is -2.47. The van der Waals surface area contributed by atoms with Crippen LogP contribution in [0.15, 0.2) is 60.7 Å². The standard InChI is InChI=1S/C27H24ClFN4O3/c28-20-14-18(26(35)32-13-4-3-7-17-6-1-2-10-23(17)32)11-12-19(20)15-30-27(36)33-16-24(34)31-22-9-5-8-21(29)25(22)33/h1-2,5-6,8-12,14H,3-4,7,13,15-16H2,(H,30,36)(H,31,34). The second kappa shape index (κ2) is 9.99. The second-order valence-corrected chi connectivity index (χ2v) is 9.19. The Morgan fingerprint density at radius 1 is 1.03 bits per heavy atom. The summed E-state index contributed by atoms with van der Waals surface area (Å²) in [6, 6.07) is 16.5. The number of carbonyl (C=O) groups excluding carboxylic acids is 3. The lowest BCUT2D eigenvalue weighted by atomic mass is 10.1. The predicted molar refractivity (Wildman–Crippen MR) is 137 cm³/mol. The Balaban J connectivity index is 1.30. The fourth-order valence-corrected chi connectivity index (χ4v) is 4.87. The van der Waals surface area contributed by atoms with Crippen molar-refractivity contribution in [2.75, 3.05) is 28.2 Å². The molecule has 0 saturated carbocycles. The zero-order chi connectivity index (χ0) is 25.2. The zero-order valence-electron chi connectivity index (χ0n) is 19.4. The van der Waals surface area contributed by atoms with Gasteiger partial charge >= 0.3 is 6.03 Å². The number of carbonyl (C=O) groups is 3. The molecule has 36 heavy (non-hydrogen) atoms. The van der Waals surface area contributed by atoms with Gasteiger partial charge in [0.05, 0.1) is 5.69 Å². The van der Waals surface area contributed by atoms with Crippen molar-refractivity contribution in [3.63, 3.8) is 0 Å². The SMILES string of the molecule is O=C1CN(C(=O)NCc2ccc(C(=O)N3CCCCc4ccccc43)cc2Cl)c2c(F)cccc2N1. The predicted octanol–water partition coefficient (Wildman–Crippen LogP) is 5.13. The van der Waals surface area contributed by atoms with Crippen LogP contribution >= 0.6 is 11.6 Å². The first-order valence-corrected chi connectivity index (χ1v) is 12.1. The van der Waals surface area contributed by atoms with E-state index in [1.807, 2.05) is 18.2 Å². The van der Waals surface area contributed by atoms with Crippen LogP contribution in [-0.2, 0) is 17.8 Å². The Morgan fingerprint density at radius 2 is 1.86 bits per heavy atom. The Kier molecular flexibility index (Phi) is 6.61. The molecule has 0 aromatic heterocycles. The monoisotopic (exact) mass is 506 g/mol. The quantitative estimate of drug-likeness (QED) is 0.516. The molecule has 3 aromatic carbocycles. The number of aryl methyl sites for hydroxylation is 1. The number of nitrogens with one attached hydrogen (secondary N) is 2. The zero-order valence-corrected chi connectivity index (χ0v) is 20.1. The van der Waals surface area contributed by atoms with Crippen LogP contribution in [0.25, 0.3) is 0 Å². The number of benzene rings is 3. The van der Waals surface area contributed by atoms with Crippen molar-refractivity contribution in [1.29, 1.82) is 0 Å². The smallest absolute Gasteiger partial charge is 0.322 e. The van der Waals surface area contributed by atoms with Crippen LogP contribution in [0.2, 0.25) is 5.02 Å². The van der Waals surface area contributed by atoms with Crippen molar-refractivity contribution in [1.82, 2.24) is 5.32 Å². The Labute approximate surface area is 212 Å². The van der Waals surface area contributed by atoms with E-state index >= 15 is 0 Å². The second-order valence-electron chi connectivity index (χ2n) is 8.78. The van der Waals surface area contributed by atoms with Crippen LogP contribution in [0.5, 0.6) is 0 Å². The highest BCUT2D eigenvalue weighted by Gasteiger charge is 2.29. The molecule has 0 unspecified atom stereocenters. The summed E-state index contributed by atoms with van der Waals surface area (Å²) in [7, 11) is 0. The van der Waals surface area contributed by atoms with Gasteiger partial charge in [0, 0.05) is 29.4 Å². The summed E-state index contributed by atoms with van der Waals surface area (Å²) in [4.78, 5) is 41.0. The fourth-order valence-electron chi connectivity index (χ4n) is 4.62. The highest BCUT2D eigenvalue weighted by molar-refractivity contribution is 6.32. The Bertz CT molecular complexity index is 1360.